The fraction of sp³-hybridized carbons (Fsp3) is 0.158. The minimum atomic E-state index is -0.304. The number of nitrogens with zero attached hydrogens (tertiary/aromatic N) is 1. The quantitative estimate of drug-likeness (QED) is 0.755. The summed E-state index contributed by atoms with van der Waals surface area (Å²) < 4.78 is 10.6. The Kier molecular flexibility index (Phi) is 3.77. The van der Waals surface area contributed by atoms with E-state index in [-0.39, 0.29) is 17.9 Å². The maximum Gasteiger partial charge on any atom is 0.298 e. The third-order valence-corrected chi connectivity index (χ3v) is 5.17. The zero-order valence-electron chi connectivity index (χ0n) is 13.7. The number of rotatable bonds is 2. The van der Waals surface area contributed by atoms with Crippen LogP contribution in [0.25, 0.3) is 6.08 Å². The van der Waals surface area contributed by atoms with Gasteiger partial charge in [0.2, 0.25) is 6.79 Å². The van der Waals surface area contributed by atoms with Gasteiger partial charge in [-0.1, -0.05) is 18.2 Å². The highest BCUT2D eigenvalue weighted by Gasteiger charge is 2.37. The molecule has 0 atom stereocenters. The smallest absolute Gasteiger partial charge is 0.298 e. The summed E-state index contributed by atoms with van der Waals surface area (Å²) in [4.78, 5) is 26.8. The lowest BCUT2D eigenvalue weighted by atomic mass is 10.1. The van der Waals surface area contributed by atoms with Gasteiger partial charge < -0.3 is 9.47 Å². The van der Waals surface area contributed by atoms with Crippen LogP contribution in [0, 0.1) is 13.8 Å². The molecule has 0 bridgehead atoms. The van der Waals surface area contributed by atoms with E-state index >= 15 is 0 Å². The van der Waals surface area contributed by atoms with Gasteiger partial charge in [0, 0.05) is 0 Å². The van der Waals surface area contributed by atoms with E-state index in [1.54, 1.807) is 24.3 Å². The molecule has 2 aliphatic heterocycles. The second kappa shape index (κ2) is 5.97. The second-order valence-electron chi connectivity index (χ2n) is 5.85. The lowest BCUT2D eigenvalue weighted by Gasteiger charge is -2.16. The first kappa shape index (κ1) is 15.8. The Morgan fingerprint density at radius 1 is 1.08 bits per heavy atom. The largest absolute Gasteiger partial charge is 0.454 e. The molecule has 5 nitrogen and oxygen atoms in total. The predicted molar refractivity (Wildman–Crippen MR) is 96.9 cm³/mol. The van der Waals surface area contributed by atoms with E-state index in [1.165, 1.54) is 4.90 Å². The van der Waals surface area contributed by atoms with Gasteiger partial charge in [-0.25, -0.2) is 4.90 Å². The standard InChI is InChI=1S/C19H15NO4S/c1-11-4-3-5-14(12(11)2)20-18(21)17(25-19(20)22)9-13-6-7-15-16(8-13)24-10-23-15/h3-9H,10H2,1-2H3/b17-9-. The molecule has 0 N–H and O–H groups in total. The molecule has 0 aliphatic carbocycles. The summed E-state index contributed by atoms with van der Waals surface area (Å²) in [6.07, 6.45) is 1.71. The third kappa shape index (κ3) is 2.68. The van der Waals surface area contributed by atoms with Gasteiger partial charge in [0.1, 0.15) is 0 Å². The predicted octanol–water partition coefficient (Wildman–Crippen LogP) is 4.27. The van der Waals surface area contributed by atoms with E-state index in [0.29, 0.717) is 22.1 Å². The van der Waals surface area contributed by atoms with Crippen LogP contribution >= 0.6 is 11.8 Å². The minimum absolute atomic E-state index is 0.196. The van der Waals surface area contributed by atoms with Crippen LogP contribution in [0.5, 0.6) is 11.5 Å². The van der Waals surface area contributed by atoms with Crippen molar-refractivity contribution in [2.45, 2.75) is 13.8 Å². The molecule has 0 aromatic heterocycles. The van der Waals surface area contributed by atoms with Crippen molar-refractivity contribution < 1.29 is 19.1 Å². The Bertz CT molecular complexity index is 935. The fourth-order valence-corrected chi connectivity index (χ4v) is 3.64. The minimum Gasteiger partial charge on any atom is -0.454 e. The van der Waals surface area contributed by atoms with Crippen LogP contribution < -0.4 is 14.4 Å². The normalized spacial score (nSPS) is 17.7. The van der Waals surface area contributed by atoms with E-state index in [4.69, 9.17) is 9.47 Å². The number of thioether (sulfide) groups is 1. The Hall–Kier alpha value is -2.73. The molecule has 0 spiro atoms. The van der Waals surface area contributed by atoms with Crippen molar-refractivity contribution in [3.05, 3.63) is 58.0 Å². The third-order valence-electron chi connectivity index (χ3n) is 4.31. The van der Waals surface area contributed by atoms with Crippen molar-refractivity contribution in [1.29, 1.82) is 0 Å². The van der Waals surface area contributed by atoms with Crippen molar-refractivity contribution in [1.82, 2.24) is 0 Å². The summed E-state index contributed by atoms with van der Waals surface area (Å²) >= 11 is 0.946. The average Bonchev–Trinajstić information content (AvgIpc) is 3.15. The number of benzene rings is 2. The maximum absolute atomic E-state index is 12.8. The Labute approximate surface area is 149 Å². The van der Waals surface area contributed by atoms with Gasteiger partial charge in [0.15, 0.2) is 11.5 Å². The highest BCUT2D eigenvalue weighted by molar-refractivity contribution is 8.19. The number of hydrogen-bond donors (Lipinski definition) is 0. The zero-order chi connectivity index (χ0) is 17.6. The molecule has 1 fully saturated rings. The molecule has 6 heteroatoms. The SMILES string of the molecule is Cc1cccc(N2C(=O)S/C(=C\c3ccc4c(c3)OCO4)C2=O)c1C. The molecule has 0 unspecified atom stereocenters. The van der Waals surface area contributed by atoms with E-state index in [9.17, 15) is 9.59 Å². The van der Waals surface area contributed by atoms with Gasteiger partial charge in [-0.3, -0.25) is 9.59 Å². The monoisotopic (exact) mass is 353 g/mol. The number of carbonyl (C=O) groups is 2. The van der Waals surface area contributed by atoms with E-state index in [2.05, 4.69) is 0 Å². The first-order valence-corrected chi connectivity index (χ1v) is 8.60. The number of carbonyl (C=O) groups excluding carboxylic acids is 2. The molecule has 126 valence electrons. The summed E-state index contributed by atoms with van der Waals surface area (Å²) in [5, 5.41) is -0.286. The van der Waals surface area contributed by atoms with Crippen molar-refractivity contribution in [3.8, 4) is 11.5 Å². The van der Waals surface area contributed by atoms with Crippen LogP contribution in [0.15, 0.2) is 41.3 Å². The Morgan fingerprint density at radius 2 is 1.88 bits per heavy atom. The number of anilines is 1. The van der Waals surface area contributed by atoms with Gasteiger partial charge in [-0.05, 0) is 66.6 Å². The Morgan fingerprint density at radius 3 is 2.72 bits per heavy atom. The summed E-state index contributed by atoms with van der Waals surface area (Å²) in [5.74, 6) is 1.02. The van der Waals surface area contributed by atoms with Crippen LogP contribution in [-0.4, -0.2) is 17.9 Å². The topological polar surface area (TPSA) is 55.8 Å². The molecule has 4 rings (SSSR count). The highest BCUT2D eigenvalue weighted by Crippen LogP contribution is 2.39. The van der Waals surface area contributed by atoms with Gasteiger partial charge in [-0.2, -0.15) is 0 Å². The van der Waals surface area contributed by atoms with Crippen LogP contribution in [-0.2, 0) is 4.79 Å². The highest BCUT2D eigenvalue weighted by atomic mass is 32.2. The molecule has 25 heavy (non-hydrogen) atoms. The van der Waals surface area contributed by atoms with Crippen LogP contribution in [0.3, 0.4) is 0 Å². The number of ether oxygens (including phenoxy) is 2. The van der Waals surface area contributed by atoms with Crippen LogP contribution in [0.1, 0.15) is 16.7 Å². The molecule has 2 aliphatic rings. The summed E-state index contributed by atoms with van der Waals surface area (Å²) in [7, 11) is 0. The molecule has 0 saturated carbocycles. The number of imide groups is 1. The summed E-state index contributed by atoms with van der Waals surface area (Å²) in [6.45, 7) is 4.07. The van der Waals surface area contributed by atoms with Crippen LogP contribution in [0.4, 0.5) is 10.5 Å². The molecule has 2 aromatic carbocycles. The van der Waals surface area contributed by atoms with Crippen molar-refractivity contribution >= 4 is 34.7 Å². The first-order valence-electron chi connectivity index (χ1n) is 7.78. The summed E-state index contributed by atoms with van der Waals surface area (Å²) in [6, 6.07) is 11.0. The molecule has 2 heterocycles. The number of aryl methyl sites for hydroxylation is 1. The van der Waals surface area contributed by atoms with Crippen molar-refractivity contribution in [3.63, 3.8) is 0 Å². The maximum atomic E-state index is 12.8. The Balaban J connectivity index is 1.68. The van der Waals surface area contributed by atoms with Gasteiger partial charge in [-0.15, -0.1) is 0 Å². The molecule has 2 amide bonds. The average molecular weight is 353 g/mol. The van der Waals surface area contributed by atoms with Gasteiger partial charge >= 0.3 is 0 Å². The summed E-state index contributed by atoms with van der Waals surface area (Å²) in [5.41, 5.74) is 3.39. The lowest BCUT2D eigenvalue weighted by molar-refractivity contribution is -0.113. The molecule has 0 radical (unpaired) electrons. The zero-order valence-corrected chi connectivity index (χ0v) is 14.6. The number of hydrogen-bond acceptors (Lipinski definition) is 5. The van der Waals surface area contributed by atoms with Gasteiger partial charge in [0.05, 0.1) is 10.6 Å². The van der Waals surface area contributed by atoms with E-state index in [0.717, 1.165) is 28.5 Å². The second-order valence-corrected chi connectivity index (χ2v) is 6.84. The first-order chi connectivity index (χ1) is 12.0. The number of amides is 2. The molecular weight excluding hydrogens is 338 g/mol. The molecular formula is C19H15NO4S. The molecule has 1 saturated heterocycles. The van der Waals surface area contributed by atoms with Crippen LogP contribution in [0.2, 0.25) is 0 Å². The lowest BCUT2D eigenvalue weighted by Crippen LogP contribution is -2.28. The number of fused-ring (bicyclic) bond motifs is 1. The van der Waals surface area contributed by atoms with Crippen molar-refractivity contribution in [2.24, 2.45) is 0 Å². The van der Waals surface area contributed by atoms with E-state index < -0.39 is 0 Å². The van der Waals surface area contributed by atoms with E-state index in [1.807, 2.05) is 32.0 Å². The molecule has 2 aromatic rings. The van der Waals surface area contributed by atoms with Gasteiger partial charge in [0.25, 0.3) is 11.1 Å². The fourth-order valence-electron chi connectivity index (χ4n) is 2.81. The van der Waals surface area contributed by atoms with Crippen molar-refractivity contribution in [2.75, 3.05) is 11.7 Å².